The average molecular weight is 340 g/mol. The zero-order valence-corrected chi connectivity index (χ0v) is 14.1. The molecule has 0 fully saturated rings. The summed E-state index contributed by atoms with van der Waals surface area (Å²) in [5.74, 6) is -0.378. The van der Waals surface area contributed by atoms with Gasteiger partial charge < -0.3 is 9.52 Å². The number of aromatic hydroxyl groups is 1. The summed E-state index contributed by atoms with van der Waals surface area (Å²) in [4.78, 5) is 11.6. The molecule has 1 aromatic heterocycles. The van der Waals surface area contributed by atoms with Crippen LogP contribution in [0.1, 0.15) is 23.6 Å². The molecule has 0 unspecified atom stereocenters. The van der Waals surface area contributed by atoms with E-state index in [1.54, 1.807) is 39.0 Å². The number of anilines is 1. The summed E-state index contributed by atoms with van der Waals surface area (Å²) in [5.41, 5.74) is 5.40. The number of phenols is 1. The number of nitrogens with zero attached hydrogens (tertiary/aromatic N) is 1. The summed E-state index contributed by atoms with van der Waals surface area (Å²) in [5, 5.41) is 15.4. The second kappa shape index (κ2) is 6.39. The van der Waals surface area contributed by atoms with Gasteiger partial charge in [-0.1, -0.05) is 6.07 Å². The van der Waals surface area contributed by atoms with E-state index in [9.17, 15) is 14.3 Å². The average Bonchev–Trinajstić information content (AvgIpc) is 2.56. The molecule has 2 N–H and O–H groups in total. The SMILES string of the molecule is C/C(=N\Nc1cccc(F)c1)c1cc2c(C)cc(=O)oc2c(C)c1O. The zero-order valence-electron chi connectivity index (χ0n) is 14.1. The highest BCUT2D eigenvalue weighted by Crippen LogP contribution is 2.32. The minimum Gasteiger partial charge on any atom is -0.507 e. The number of hydrogen-bond donors (Lipinski definition) is 2. The van der Waals surface area contributed by atoms with Crippen LogP contribution in [-0.4, -0.2) is 10.8 Å². The summed E-state index contributed by atoms with van der Waals surface area (Å²) in [6, 6.07) is 9.05. The van der Waals surface area contributed by atoms with Crippen LogP contribution in [0.3, 0.4) is 0 Å². The summed E-state index contributed by atoms with van der Waals surface area (Å²) in [7, 11) is 0. The third kappa shape index (κ3) is 3.24. The van der Waals surface area contributed by atoms with Crippen LogP contribution in [-0.2, 0) is 0 Å². The molecule has 0 aliphatic rings. The number of fused-ring (bicyclic) bond motifs is 1. The highest BCUT2D eigenvalue weighted by molar-refractivity contribution is 6.05. The fraction of sp³-hybridized carbons (Fsp3) is 0.158. The molecule has 25 heavy (non-hydrogen) atoms. The molecule has 0 spiro atoms. The van der Waals surface area contributed by atoms with Gasteiger partial charge in [-0.25, -0.2) is 9.18 Å². The summed E-state index contributed by atoms with van der Waals surface area (Å²) >= 11 is 0. The van der Waals surface area contributed by atoms with Gasteiger partial charge in [0, 0.05) is 22.6 Å². The smallest absolute Gasteiger partial charge is 0.336 e. The van der Waals surface area contributed by atoms with Crippen molar-refractivity contribution in [2.75, 3.05) is 5.43 Å². The van der Waals surface area contributed by atoms with Gasteiger partial charge >= 0.3 is 5.63 Å². The second-order valence-corrected chi connectivity index (χ2v) is 5.84. The van der Waals surface area contributed by atoms with E-state index in [4.69, 9.17) is 4.42 Å². The van der Waals surface area contributed by atoms with Gasteiger partial charge in [-0.2, -0.15) is 5.10 Å². The topological polar surface area (TPSA) is 74.8 Å². The molecule has 3 aromatic rings. The quantitative estimate of drug-likeness (QED) is 0.428. The molecular weight excluding hydrogens is 323 g/mol. The molecule has 3 rings (SSSR count). The molecule has 0 saturated carbocycles. The van der Waals surface area contributed by atoms with Crippen LogP contribution in [0.4, 0.5) is 10.1 Å². The molecule has 0 saturated heterocycles. The van der Waals surface area contributed by atoms with Gasteiger partial charge in [0.2, 0.25) is 0 Å². The molecule has 128 valence electrons. The zero-order chi connectivity index (χ0) is 18.1. The fourth-order valence-corrected chi connectivity index (χ4v) is 2.64. The van der Waals surface area contributed by atoms with Crippen LogP contribution in [0.25, 0.3) is 11.0 Å². The van der Waals surface area contributed by atoms with E-state index in [1.807, 2.05) is 0 Å². The largest absolute Gasteiger partial charge is 0.507 e. The van der Waals surface area contributed by atoms with Crippen molar-refractivity contribution < 1.29 is 13.9 Å². The molecule has 0 aliphatic heterocycles. The molecule has 6 heteroatoms. The van der Waals surface area contributed by atoms with Crippen LogP contribution in [0, 0.1) is 19.7 Å². The maximum absolute atomic E-state index is 13.2. The van der Waals surface area contributed by atoms with Gasteiger partial charge in [-0.3, -0.25) is 5.43 Å². The molecule has 0 aliphatic carbocycles. The highest BCUT2D eigenvalue weighted by Gasteiger charge is 2.15. The first-order valence-corrected chi connectivity index (χ1v) is 7.70. The predicted molar refractivity (Wildman–Crippen MR) is 95.9 cm³/mol. The first kappa shape index (κ1) is 16.7. The Bertz CT molecular complexity index is 1050. The molecular formula is C19H17FN2O3. The first-order valence-electron chi connectivity index (χ1n) is 7.70. The third-order valence-electron chi connectivity index (χ3n) is 4.01. The van der Waals surface area contributed by atoms with Gasteiger partial charge in [0.1, 0.15) is 17.1 Å². The molecule has 1 heterocycles. The highest BCUT2D eigenvalue weighted by atomic mass is 19.1. The lowest BCUT2D eigenvalue weighted by atomic mass is 10.00. The summed E-state index contributed by atoms with van der Waals surface area (Å²) < 4.78 is 18.4. The van der Waals surface area contributed by atoms with Crippen LogP contribution in [0.5, 0.6) is 5.75 Å². The second-order valence-electron chi connectivity index (χ2n) is 5.84. The molecule has 0 amide bonds. The molecule has 0 radical (unpaired) electrons. The van der Waals surface area contributed by atoms with Gasteiger partial charge in [-0.15, -0.1) is 0 Å². The van der Waals surface area contributed by atoms with Crippen molar-refractivity contribution in [1.82, 2.24) is 0 Å². The van der Waals surface area contributed by atoms with Crippen LogP contribution in [0.2, 0.25) is 0 Å². The van der Waals surface area contributed by atoms with Crippen LogP contribution < -0.4 is 11.1 Å². The van der Waals surface area contributed by atoms with E-state index >= 15 is 0 Å². The van der Waals surface area contributed by atoms with E-state index in [1.165, 1.54) is 18.2 Å². The van der Waals surface area contributed by atoms with Crippen molar-refractivity contribution >= 4 is 22.4 Å². The molecule has 5 nitrogen and oxygen atoms in total. The van der Waals surface area contributed by atoms with Gasteiger partial charge in [0.25, 0.3) is 0 Å². The van der Waals surface area contributed by atoms with Gasteiger partial charge in [-0.05, 0) is 50.6 Å². The predicted octanol–water partition coefficient (Wildman–Crippen LogP) is 4.09. The summed E-state index contributed by atoms with van der Waals surface area (Å²) in [6.45, 7) is 5.20. The van der Waals surface area contributed by atoms with E-state index in [2.05, 4.69) is 10.5 Å². The maximum Gasteiger partial charge on any atom is 0.336 e. The lowest BCUT2D eigenvalue weighted by Gasteiger charge is -2.11. The van der Waals surface area contributed by atoms with E-state index in [-0.39, 0.29) is 11.6 Å². The lowest BCUT2D eigenvalue weighted by Crippen LogP contribution is -2.04. The third-order valence-corrected chi connectivity index (χ3v) is 4.01. The fourth-order valence-electron chi connectivity index (χ4n) is 2.64. The van der Waals surface area contributed by atoms with Crippen molar-refractivity contribution in [3.05, 3.63) is 69.3 Å². The van der Waals surface area contributed by atoms with Crippen molar-refractivity contribution in [3.63, 3.8) is 0 Å². The van der Waals surface area contributed by atoms with Crippen molar-refractivity contribution in [3.8, 4) is 5.75 Å². The van der Waals surface area contributed by atoms with Crippen molar-refractivity contribution in [2.24, 2.45) is 5.10 Å². The lowest BCUT2D eigenvalue weighted by molar-refractivity contribution is 0.467. The molecule has 0 bridgehead atoms. The Balaban J connectivity index is 2.07. The number of nitrogens with one attached hydrogen (secondary N) is 1. The monoisotopic (exact) mass is 340 g/mol. The van der Waals surface area contributed by atoms with Crippen LogP contribution in [0.15, 0.2) is 50.7 Å². The number of hydrazone groups is 1. The number of rotatable bonds is 3. The molecule has 2 aromatic carbocycles. The summed E-state index contributed by atoms with van der Waals surface area (Å²) in [6.07, 6.45) is 0. The maximum atomic E-state index is 13.2. The Morgan fingerprint density at radius 2 is 2.00 bits per heavy atom. The number of benzene rings is 2. The van der Waals surface area contributed by atoms with E-state index < -0.39 is 5.63 Å². The number of hydrogen-bond acceptors (Lipinski definition) is 5. The van der Waals surface area contributed by atoms with Crippen molar-refractivity contribution in [2.45, 2.75) is 20.8 Å². The number of halogens is 1. The minimum absolute atomic E-state index is 0.0106. The van der Waals surface area contributed by atoms with Gasteiger partial charge in [0.05, 0.1) is 11.4 Å². The standard InChI is InChI=1S/C19H17FN2O3/c1-10-7-17(23)25-19-11(2)18(24)16(9-15(10)19)12(3)21-22-14-6-4-5-13(20)8-14/h4-9,22,24H,1-3H3/b21-12+. The Hall–Kier alpha value is -3.15. The number of aryl methyl sites for hydroxylation is 2. The Labute approximate surface area is 143 Å². The van der Waals surface area contributed by atoms with Crippen molar-refractivity contribution in [1.29, 1.82) is 0 Å². The first-order chi connectivity index (χ1) is 11.9. The Kier molecular flexibility index (Phi) is 4.27. The normalized spacial score (nSPS) is 11.8. The van der Waals surface area contributed by atoms with E-state index in [0.717, 1.165) is 10.9 Å². The van der Waals surface area contributed by atoms with Gasteiger partial charge in [0.15, 0.2) is 0 Å². The Morgan fingerprint density at radius 3 is 2.72 bits per heavy atom. The van der Waals surface area contributed by atoms with Crippen LogP contribution >= 0.6 is 0 Å². The minimum atomic E-state index is -0.460. The molecule has 0 atom stereocenters. The Morgan fingerprint density at radius 1 is 1.24 bits per heavy atom. The van der Waals surface area contributed by atoms with E-state index in [0.29, 0.717) is 28.1 Å². The number of phenolic OH excluding ortho intramolecular Hbond substituents is 1.